The third-order valence-electron chi connectivity index (χ3n) is 4.75. The number of amides is 1. The van der Waals surface area contributed by atoms with Gasteiger partial charge in [0.05, 0.1) is 10.6 Å². The molecule has 3 heterocycles. The first-order valence-electron chi connectivity index (χ1n) is 8.67. The lowest BCUT2D eigenvalue weighted by Gasteiger charge is -2.16. The minimum absolute atomic E-state index is 0.0259. The number of aryl methyl sites for hydroxylation is 3. The predicted molar refractivity (Wildman–Crippen MR) is 105 cm³/mol. The van der Waals surface area contributed by atoms with E-state index in [0.717, 1.165) is 49.5 Å². The standard InChI is InChI=1S/C20H21N3O2S/c1-5-16-15(13-8-6-7-9-17(13)25-16)11-22(3)19(24)18-10-14-12(2)21-23(4)20(14)26-18/h6-10H,5,11H2,1-4H3. The molecule has 0 N–H and O–H groups in total. The molecule has 0 radical (unpaired) electrons. The summed E-state index contributed by atoms with van der Waals surface area (Å²) < 4.78 is 7.79. The van der Waals surface area contributed by atoms with Crippen LogP contribution >= 0.6 is 11.3 Å². The van der Waals surface area contributed by atoms with E-state index in [1.165, 1.54) is 11.3 Å². The highest BCUT2D eigenvalue weighted by atomic mass is 32.1. The van der Waals surface area contributed by atoms with Gasteiger partial charge in [0.1, 0.15) is 16.2 Å². The Morgan fingerprint density at radius 3 is 2.81 bits per heavy atom. The average Bonchev–Trinajstić information content (AvgIpc) is 3.29. The molecule has 0 aliphatic carbocycles. The summed E-state index contributed by atoms with van der Waals surface area (Å²) in [6, 6.07) is 9.96. The lowest BCUT2D eigenvalue weighted by atomic mass is 10.1. The summed E-state index contributed by atoms with van der Waals surface area (Å²) >= 11 is 1.49. The average molecular weight is 367 g/mol. The van der Waals surface area contributed by atoms with Crippen molar-refractivity contribution in [1.29, 1.82) is 0 Å². The molecule has 4 rings (SSSR count). The Kier molecular flexibility index (Phi) is 4.07. The smallest absolute Gasteiger partial charge is 0.264 e. The molecule has 0 spiro atoms. The number of para-hydroxylation sites is 1. The molecule has 0 saturated carbocycles. The second kappa shape index (κ2) is 6.29. The van der Waals surface area contributed by atoms with Crippen molar-refractivity contribution in [3.8, 4) is 0 Å². The van der Waals surface area contributed by atoms with Gasteiger partial charge in [-0.1, -0.05) is 25.1 Å². The summed E-state index contributed by atoms with van der Waals surface area (Å²) in [6.07, 6.45) is 0.805. The van der Waals surface area contributed by atoms with Gasteiger partial charge in [0.15, 0.2) is 0 Å². The van der Waals surface area contributed by atoms with E-state index in [4.69, 9.17) is 4.42 Å². The van der Waals surface area contributed by atoms with Gasteiger partial charge in [-0.25, -0.2) is 0 Å². The van der Waals surface area contributed by atoms with Crippen molar-refractivity contribution in [2.75, 3.05) is 7.05 Å². The van der Waals surface area contributed by atoms with Crippen LogP contribution in [0.2, 0.25) is 0 Å². The molecule has 0 aliphatic rings. The number of carbonyl (C=O) groups is 1. The van der Waals surface area contributed by atoms with Crippen LogP contribution in [-0.2, 0) is 20.0 Å². The second-order valence-electron chi connectivity index (χ2n) is 6.55. The van der Waals surface area contributed by atoms with Crippen molar-refractivity contribution in [2.24, 2.45) is 7.05 Å². The molecule has 4 aromatic rings. The first-order chi connectivity index (χ1) is 12.5. The molecular formula is C20H21N3O2S. The number of benzene rings is 1. The topological polar surface area (TPSA) is 51.3 Å². The first kappa shape index (κ1) is 16.8. The molecule has 1 aromatic carbocycles. The van der Waals surface area contributed by atoms with Crippen LogP contribution in [0.1, 0.15) is 33.6 Å². The van der Waals surface area contributed by atoms with Crippen LogP contribution in [0.15, 0.2) is 34.7 Å². The van der Waals surface area contributed by atoms with Crippen LogP contribution in [0, 0.1) is 6.92 Å². The van der Waals surface area contributed by atoms with E-state index in [1.54, 1.807) is 4.90 Å². The Labute approximate surface area is 155 Å². The molecule has 26 heavy (non-hydrogen) atoms. The number of carbonyl (C=O) groups excluding carboxylic acids is 1. The predicted octanol–water partition coefficient (Wildman–Crippen LogP) is 4.52. The normalized spacial score (nSPS) is 11.5. The van der Waals surface area contributed by atoms with Gasteiger partial charge in [0, 0.05) is 43.4 Å². The first-order valence-corrected chi connectivity index (χ1v) is 9.49. The fourth-order valence-corrected chi connectivity index (χ4v) is 4.53. The summed E-state index contributed by atoms with van der Waals surface area (Å²) in [5.74, 6) is 0.972. The van der Waals surface area contributed by atoms with E-state index < -0.39 is 0 Å². The lowest BCUT2D eigenvalue weighted by Crippen LogP contribution is -2.25. The minimum Gasteiger partial charge on any atom is -0.461 e. The van der Waals surface area contributed by atoms with Gasteiger partial charge in [-0.2, -0.15) is 5.10 Å². The molecule has 0 aliphatic heterocycles. The van der Waals surface area contributed by atoms with Gasteiger partial charge in [0.2, 0.25) is 0 Å². The third kappa shape index (κ3) is 2.61. The highest BCUT2D eigenvalue weighted by Crippen LogP contribution is 2.30. The van der Waals surface area contributed by atoms with Crippen LogP contribution in [0.4, 0.5) is 0 Å². The van der Waals surface area contributed by atoms with Crippen molar-refractivity contribution >= 4 is 38.4 Å². The van der Waals surface area contributed by atoms with Gasteiger partial charge < -0.3 is 9.32 Å². The lowest BCUT2D eigenvalue weighted by molar-refractivity contribution is 0.0790. The third-order valence-corrected chi connectivity index (χ3v) is 5.94. The Balaban J connectivity index is 1.66. The number of aromatic nitrogens is 2. The van der Waals surface area contributed by atoms with Crippen molar-refractivity contribution in [3.05, 3.63) is 52.2 Å². The maximum Gasteiger partial charge on any atom is 0.264 e. The number of rotatable bonds is 4. The van der Waals surface area contributed by atoms with E-state index in [1.807, 2.05) is 50.0 Å². The van der Waals surface area contributed by atoms with E-state index in [2.05, 4.69) is 18.1 Å². The number of furan rings is 1. The molecule has 134 valence electrons. The molecule has 0 fully saturated rings. The van der Waals surface area contributed by atoms with Gasteiger partial charge in [-0.15, -0.1) is 11.3 Å². The number of nitrogens with zero attached hydrogens (tertiary/aromatic N) is 3. The molecule has 1 amide bonds. The van der Waals surface area contributed by atoms with Crippen LogP contribution in [-0.4, -0.2) is 27.6 Å². The SMILES string of the molecule is CCc1oc2ccccc2c1CN(C)C(=O)c1cc2c(C)nn(C)c2s1. The number of hydrogen-bond donors (Lipinski definition) is 0. The largest absolute Gasteiger partial charge is 0.461 e. The Hall–Kier alpha value is -2.60. The monoisotopic (exact) mass is 367 g/mol. The molecule has 0 unspecified atom stereocenters. The maximum absolute atomic E-state index is 13.0. The van der Waals surface area contributed by atoms with Gasteiger partial charge in [0.25, 0.3) is 5.91 Å². The van der Waals surface area contributed by atoms with Gasteiger partial charge in [-0.3, -0.25) is 9.48 Å². The van der Waals surface area contributed by atoms with Crippen LogP contribution in [0.3, 0.4) is 0 Å². The zero-order chi connectivity index (χ0) is 18.4. The van der Waals surface area contributed by atoms with Crippen molar-refractivity contribution < 1.29 is 9.21 Å². The fraction of sp³-hybridized carbons (Fsp3) is 0.300. The fourth-order valence-electron chi connectivity index (χ4n) is 3.42. The van der Waals surface area contributed by atoms with Crippen molar-refractivity contribution in [3.63, 3.8) is 0 Å². The second-order valence-corrected chi connectivity index (χ2v) is 7.58. The van der Waals surface area contributed by atoms with Crippen LogP contribution in [0.25, 0.3) is 21.2 Å². The zero-order valence-electron chi connectivity index (χ0n) is 15.4. The Morgan fingerprint density at radius 2 is 2.08 bits per heavy atom. The van der Waals surface area contributed by atoms with E-state index in [-0.39, 0.29) is 5.91 Å². The van der Waals surface area contributed by atoms with E-state index >= 15 is 0 Å². The molecule has 5 nitrogen and oxygen atoms in total. The Bertz CT molecular complexity index is 1080. The molecule has 0 saturated heterocycles. The minimum atomic E-state index is 0.0259. The summed E-state index contributed by atoms with van der Waals surface area (Å²) in [5, 5.41) is 6.54. The summed E-state index contributed by atoms with van der Waals surface area (Å²) in [4.78, 5) is 16.5. The van der Waals surface area contributed by atoms with Crippen LogP contribution in [0.5, 0.6) is 0 Å². The van der Waals surface area contributed by atoms with Gasteiger partial charge in [-0.05, 0) is 19.1 Å². The number of hydrogen-bond acceptors (Lipinski definition) is 4. The summed E-state index contributed by atoms with van der Waals surface area (Å²) in [6.45, 7) is 4.58. The van der Waals surface area contributed by atoms with Gasteiger partial charge >= 0.3 is 0 Å². The highest BCUT2D eigenvalue weighted by molar-refractivity contribution is 7.20. The highest BCUT2D eigenvalue weighted by Gasteiger charge is 2.21. The summed E-state index contributed by atoms with van der Waals surface area (Å²) in [7, 11) is 3.76. The molecule has 0 bridgehead atoms. The van der Waals surface area contributed by atoms with E-state index in [0.29, 0.717) is 6.54 Å². The molecule has 0 atom stereocenters. The number of fused-ring (bicyclic) bond motifs is 2. The zero-order valence-corrected chi connectivity index (χ0v) is 16.2. The summed E-state index contributed by atoms with van der Waals surface area (Å²) in [5.41, 5.74) is 2.93. The van der Waals surface area contributed by atoms with Crippen LogP contribution < -0.4 is 0 Å². The Morgan fingerprint density at radius 1 is 1.31 bits per heavy atom. The molecular weight excluding hydrogens is 346 g/mol. The van der Waals surface area contributed by atoms with Crippen molar-refractivity contribution in [1.82, 2.24) is 14.7 Å². The van der Waals surface area contributed by atoms with Crippen molar-refractivity contribution in [2.45, 2.75) is 26.8 Å². The van der Waals surface area contributed by atoms with E-state index in [9.17, 15) is 4.79 Å². The maximum atomic E-state index is 13.0. The molecule has 3 aromatic heterocycles. The number of thiophene rings is 1. The molecule has 6 heteroatoms. The quantitative estimate of drug-likeness (QED) is 0.533.